The molecule has 0 bridgehead atoms. The molecule has 130 valence electrons. The Balaban J connectivity index is 1.84. The molecule has 0 aliphatic rings. The lowest BCUT2D eigenvalue weighted by Gasteiger charge is -2.09. The molecule has 2 rings (SSSR count). The van der Waals surface area contributed by atoms with Gasteiger partial charge in [0.15, 0.2) is 0 Å². The SMILES string of the molecule is COCCCOc1ccc(-c2ccc(OCCCOC)cc2)cc1. The molecule has 4 nitrogen and oxygen atoms in total. The second kappa shape index (κ2) is 10.7. The van der Waals surface area contributed by atoms with E-state index in [-0.39, 0.29) is 0 Å². The van der Waals surface area contributed by atoms with Crippen LogP contribution in [0.3, 0.4) is 0 Å². The lowest BCUT2D eigenvalue weighted by Crippen LogP contribution is -2.01. The van der Waals surface area contributed by atoms with Gasteiger partial charge in [0.2, 0.25) is 0 Å². The van der Waals surface area contributed by atoms with Crippen molar-refractivity contribution in [2.24, 2.45) is 0 Å². The van der Waals surface area contributed by atoms with Crippen molar-refractivity contribution >= 4 is 0 Å². The second-order valence-electron chi connectivity index (χ2n) is 5.44. The number of hydrogen-bond donors (Lipinski definition) is 0. The Kier molecular flexibility index (Phi) is 8.15. The molecule has 0 spiro atoms. The molecule has 4 heteroatoms. The molecule has 0 saturated heterocycles. The third-order valence-corrected chi connectivity index (χ3v) is 3.57. The first-order valence-electron chi connectivity index (χ1n) is 8.27. The summed E-state index contributed by atoms with van der Waals surface area (Å²) in [5.74, 6) is 1.76. The molecule has 0 aliphatic carbocycles. The first-order valence-corrected chi connectivity index (χ1v) is 8.27. The van der Waals surface area contributed by atoms with Crippen LogP contribution in [-0.4, -0.2) is 40.6 Å². The van der Waals surface area contributed by atoms with Crippen molar-refractivity contribution in [2.75, 3.05) is 40.6 Å². The van der Waals surface area contributed by atoms with Crippen LogP contribution in [0.25, 0.3) is 11.1 Å². The molecule has 0 heterocycles. The molecule has 0 fully saturated rings. The minimum atomic E-state index is 0.669. The van der Waals surface area contributed by atoms with E-state index in [1.165, 1.54) is 0 Å². The molecular weight excluding hydrogens is 304 g/mol. The Morgan fingerprint density at radius 2 is 0.917 bits per heavy atom. The summed E-state index contributed by atoms with van der Waals surface area (Å²) >= 11 is 0. The summed E-state index contributed by atoms with van der Waals surface area (Å²) in [5.41, 5.74) is 2.32. The summed E-state index contributed by atoms with van der Waals surface area (Å²) in [6.07, 6.45) is 1.79. The summed E-state index contributed by atoms with van der Waals surface area (Å²) in [6.45, 7) is 2.78. The number of methoxy groups -OCH3 is 2. The van der Waals surface area contributed by atoms with E-state index in [4.69, 9.17) is 18.9 Å². The Bertz CT molecular complexity index is 510. The van der Waals surface area contributed by atoms with Crippen LogP contribution in [0.15, 0.2) is 48.5 Å². The fraction of sp³-hybridized carbons (Fsp3) is 0.400. The lowest BCUT2D eigenvalue weighted by molar-refractivity contribution is 0.172. The number of benzene rings is 2. The molecular formula is C20H26O4. The normalized spacial score (nSPS) is 10.6. The maximum Gasteiger partial charge on any atom is 0.119 e. The zero-order valence-electron chi connectivity index (χ0n) is 14.5. The largest absolute Gasteiger partial charge is 0.494 e. The highest BCUT2D eigenvalue weighted by atomic mass is 16.5. The molecule has 0 atom stereocenters. The van der Waals surface area contributed by atoms with Crippen LogP contribution in [0.4, 0.5) is 0 Å². The van der Waals surface area contributed by atoms with Gasteiger partial charge in [0.25, 0.3) is 0 Å². The molecule has 0 aliphatic heterocycles. The monoisotopic (exact) mass is 330 g/mol. The maximum atomic E-state index is 5.67. The molecule has 0 radical (unpaired) electrons. The van der Waals surface area contributed by atoms with Gasteiger partial charge in [-0.2, -0.15) is 0 Å². The first-order chi connectivity index (χ1) is 11.8. The Hall–Kier alpha value is -2.04. The van der Waals surface area contributed by atoms with Gasteiger partial charge in [-0.3, -0.25) is 0 Å². The molecule has 0 N–H and O–H groups in total. The van der Waals surface area contributed by atoms with Crippen molar-refractivity contribution in [3.05, 3.63) is 48.5 Å². The van der Waals surface area contributed by atoms with E-state index < -0.39 is 0 Å². The van der Waals surface area contributed by atoms with Gasteiger partial charge in [-0.05, 0) is 35.4 Å². The Morgan fingerprint density at radius 3 is 1.25 bits per heavy atom. The van der Waals surface area contributed by atoms with E-state index in [1.54, 1.807) is 14.2 Å². The third-order valence-electron chi connectivity index (χ3n) is 3.57. The van der Waals surface area contributed by atoms with Crippen LogP contribution in [0.1, 0.15) is 12.8 Å². The zero-order chi connectivity index (χ0) is 17.0. The van der Waals surface area contributed by atoms with Crippen LogP contribution in [0, 0.1) is 0 Å². The van der Waals surface area contributed by atoms with E-state index >= 15 is 0 Å². The molecule has 0 aromatic heterocycles. The van der Waals surface area contributed by atoms with Crippen LogP contribution in [-0.2, 0) is 9.47 Å². The highest BCUT2D eigenvalue weighted by molar-refractivity contribution is 5.64. The van der Waals surface area contributed by atoms with Crippen LogP contribution < -0.4 is 9.47 Å². The molecule has 0 unspecified atom stereocenters. The van der Waals surface area contributed by atoms with E-state index in [0.717, 1.165) is 48.7 Å². The minimum Gasteiger partial charge on any atom is -0.494 e. The van der Waals surface area contributed by atoms with Crippen molar-refractivity contribution in [2.45, 2.75) is 12.8 Å². The average Bonchev–Trinajstić information content (AvgIpc) is 2.64. The van der Waals surface area contributed by atoms with Gasteiger partial charge in [-0.25, -0.2) is 0 Å². The molecule has 2 aromatic rings. The number of hydrogen-bond acceptors (Lipinski definition) is 4. The fourth-order valence-electron chi connectivity index (χ4n) is 2.27. The van der Waals surface area contributed by atoms with Gasteiger partial charge in [0, 0.05) is 40.3 Å². The van der Waals surface area contributed by atoms with Gasteiger partial charge in [0.05, 0.1) is 13.2 Å². The van der Waals surface area contributed by atoms with Gasteiger partial charge in [0.1, 0.15) is 11.5 Å². The van der Waals surface area contributed by atoms with Gasteiger partial charge in [-0.1, -0.05) is 24.3 Å². The van der Waals surface area contributed by atoms with Gasteiger partial charge >= 0.3 is 0 Å². The summed E-state index contributed by atoms with van der Waals surface area (Å²) in [7, 11) is 3.40. The van der Waals surface area contributed by atoms with Crippen LogP contribution in [0.5, 0.6) is 11.5 Å². The summed E-state index contributed by atoms with van der Waals surface area (Å²) in [5, 5.41) is 0. The highest BCUT2D eigenvalue weighted by Gasteiger charge is 2.00. The van der Waals surface area contributed by atoms with Crippen molar-refractivity contribution < 1.29 is 18.9 Å². The molecule has 0 saturated carbocycles. The quantitative estimate of drug-likeness (QED) is 0.579. The topological polar surface area (TPSA) is 36.9 Å². The number of ether oxygens (including phenoxy) is 4. The summed E-state index contributed by atoms with van der Waals surface area (Å²) in [6, 6.07) is 16.3. The Labute approximate surface area is 144 Å². The third kappa shape index (κ3) is 6.22. The van der Waals surface area contributed by atoms with Crippen molar-refractivity contribution in [3.8, 4) is 22.6 Å². The fourth-order valence-corrected chi connectivity index (χ4v) is 2.27. The lowest BCUT2D eigenvalue weighted by atomic mass is 10.1. The first kappa shape index (κ1) is 18.3. The second-order valence-corrected chi connectivity index (χ2v) is 5.44. The molecule has 2 aromatic carbocycles. The van der Waals surface area contributed by atoms with Crippen molar-refractivity contribution in [1.29, 1.82) is 0 Å². The maximum absolute atomic E-state index is 5.67. The summed E-state index contributed by atoms with van der Waals surface area (Å²) in [4.78, 5) is 0. The van der Waals surface area contributed by atoms with Crippen LogP contribution in [0.2, 0.25) is 0 Å². The van der Waals surface area contributed by atoms with Crippen molar-refractivity contribution in [1.82, 2.24) is 0 Å². The summed E-state index contributed by atoms with van der Waals surface area (Å²) < 4.78 is 21.4. The zero-order valence-corrected chi connectivity index (χ0v) is 14.5. The Morgan fingerprint density at radius 1 is 0.542 bits per heavy atom. The van der Waals surface area contributed by atoms with Crippen LogP contribution >= 0.6 is 0 Å². The van der Waals surface area contributed by atoms with E-state index in [9.17, 15) is 0 Å². The van der Waals surface area contributed by atoms with Crippen molar-refractivity contribution in [3.63, 3.8) is 0 Å². The van der Waals surface area contributed by atoms with Gasteiger partial charge < -0.3 is 18.9 Å². The average molecular weight is 330 g/mol. The number of rotatable bonds is 11. The standard InChI is InChI=1S/C20H26O4/c1-21-13-3-15-23-19-9-5-17(6-10-19)18-7-11-20(12-8-18)24-16-4-14-22-2/h5-12H,3-4,13-16H2,1-2H3. The predicted octanol–water partition coefficient (Wildman–Crippen LogP) is 4.18. The smallest absolute Gasteiger partial charge is 0.119 e. The molecule has 0 amide bonds. The predicted molar refractivity (Wildman–Crippen MR) is 95.9 cm³/mol. The van der Waals surface area contributed by atoms with Gasteiger partial charge in [-0.15, -0.1) is 0 Å². The molecule has 24 heavy (non-hydrogen) atoms. The minimum absolute atomic E-state index is 0.669. The van der Waals surface area contributed by atoms with E-state index in [0.29, 0.717) is 13.2 Å². The van der Waals surface area contributed by atoms with E-state index in [2.05, 4.69) is 24.3 Å². The van der Waals surface area contributed by atoms with E-state index in [1.807, 2.05) is 24.3 Å². The highest BCUT2D eigenvalue weighted by Crippen LogP contribution is 2.24.